The van der Waals surface area contributed by atoms with Crippen molar-refractivity contribution in [3.05, 3.63) is 0 Å². The molecule has 1 saturated carbocycles. The Bertz CT molecular complexity index is 99.4. The summed E-state index contributed by atoms with van der Waals surface area (Å²) in [5.41, 5.74) is 5.93. The Balaban J connectivity index is 0. The van der Waals surface area contributed by atoms with E-state index in [0.29, 0.717) is 6.04 Å². The zero-order valence-corrected chi connectivity index (χ0v) is 11.1. The summed E-state index contributed by atoms with van der Waals surface area (Å²) >= 11 is 0. The molecule has 0 bridgehead atoms. The van der Waals surface area contributed by atoms with Crippen LogP contribution in [-0.2, 0) is 0 Å². The number of rotatable bonds is 2. The lowest BCUT2D eigenvalue weighted by molar-refractivity contribution is 0.383. The van der Waals surface area contributed by atoms with Crippen LogP contribution in [0.2, 0.25) is 0 Å². The topological polar surface area (TPSA) is 26.0 Å². The van der Waals surface area contributed by atoms with Gasteiger partial charge in [-0.3, -0.25) is 0 Å². The fourth-order valence-electron chi connectivity index (χ4n) is 1.96. The molecule has 1 fully saturated rings. The van der Waals surface area contributed by atoms with E-state index in [1.165, 1.54) is 25.7 Å². The molecular formula is C13H31N. The SMILES string of the molecule is CC.CC.CC(C)CC1CCC[C@H]1N. The Morgan fingerprint density at radius 1 is 1.07 bits per heavy atom. The molecule has 2 atom stereocenters. The molecule has 0 spiro atoms. The van der Waals surface area contributed by atoms with E-state index in [4.69, 9.17) is 5.73 Å². The van der Waals surface area contributed by atoms with E-state index in [1.54, 1.807) is 0 Å². The Kier molecular flexibility index (Phi) is 12.9. The van der Waals surface area contributed by atoms with E-state index >= 15 is 0 Å². The predicted octanol–water partition coefficient (Wildman–Crippen LogP) is 4.21. The van der Waals surface area contributed by atoms with Gasteiger partial charge in [-0.25, -0.2) is 0 Å². The molecule has 0 aliphatic heterocycles. The molecule has 0 saturated heterocycles. The zero-order valence-electron chi connectivity index (χ0n) is 11.1. The molecule has 1 heteroatoms. The molecule has 0 amide bonds. The summed E-state index contributed by atoms with van der Waals surface area (Å²) in [5.74, 6) is 1.66. The number of hydrogen-bond acceptors (Lipinski definition) is 1. The number of nitrogens with two attached hydrogens (primary N) is 1. The average molecular weight is 201 g/mol. The average Bonchev–Trinajstić information content (AvgIpc) is 2.58. The third-order valence-corrected chi connectivity index (χ3v) is 2.49. The van der Waals surface area contributed by atoms with Crippen molar-refractivity contribution in [1.29, 1.82) is 0 Å². The van der Waals surface area contributed by atoms with Gasteiger partial charge < -0.3 is 5.73 Å². The van der Waals surface area contributed by atoms with E-state index in [-0.39, 0.29) is 0 Å². The molecule has 0 aromatic rings. The van der Waals surface area contributed by atoms with Gasteiger partial charge in [-0.15, -0.1) is 0 Å². The molecule has 88 valence electrons. The van der Waals surface area contributed by atoms with Gasteiger partial charge in [0.05, 0.1) is 0 Å². The fourth-order valence-corrected chi connectivity index (χ4v) is 1.96. The summed E-state index contributed by atoms with van der Waals surface area (Å²) in [6.45, 7) is 12.6. The van der Waals surface area contributed by atoms with Gasteiger partial charge >= 0.3 is 0 Å². The Morgan fingerprint density at radius 2 is 1.57 bits per heavy atom. The molecule has 14 heavy (non-hydrogen) atoms. The lowest BCUT2D eigenvalue weighted by Crippen LogP contribution is -2.25. The molecule has 0 aromatic carbocycles. The van der Waals surface area contributed by atoms with E-state index in [9.17, 15) is 0 Å². The van der Waals surface area contributed by atoms with Crippen LogP contribution in [0.25, 0.3) is 0 Å². The number of hydrogen-bond donors (Lipinski definition) is 1. The Hall–Kier alpha value is -0.0400. The van der Waals surface area contributed by atoms with Crippen LogP contribution < -0.4 is 5.73 Å². The van der Waals surface area contributed by atoms with Gasteiger partial charge in [0.15, 0.2) is 0 Å². The molecule has 1 aliphatic carbocycles. The summed E-state index contributed by atoms with van der Waals surface area (Å²) in [4.78, 5) is 0. The van der Waals surface area contributed by atoms with Crippen LogP contribution in [0.3, 0.4) is 0 Å². The summed E-state index contributed by atoms with van der Waals surface area (Å²) in [7, 11) is 0. The van der Waals surface area contributed by atoms with Crippen molar-refractivity contribution in [2.24, 2.45) is 17.6 Å². The molecule has 0 radical (unpaired) electrons. The minimum absolute atomic E-state index is 0.516. The normalized spacial score (nSPS) is 24.9. The highest BCUT2D eigenvalue weighted by Gasteiger charge is 2.23. The third-order valence-electron chi connectivity index (χ3n) is 2.49. The molecule has 1 unspecified atom stereocenters. The van der Waals surface area contributed by atoms with Gasteiger partial charge in [0, 0.05) is 6.04 Å². The largest absolute Gasteiger partial charge is 0.327 e. The van der Waals surface area contributed by atoms with Crippen molar-refractivity contribution in [1.82, 2.24) is 0 Å². The minimum atomic E-state index is 0.516. The smallest absolute Gasteiger partial charge is 0.00672 e. The van der Waals surface area contributed by atoms with Crippen molar-refractivity contribution in [2.45, 2.75) is 73.3 Å². The first-order valence-electron chi connectivity index (χ1n) is 6.45. The maximum atomic E-state index is 5.93. The lowest BCUT2D eigenvalue weighted by Gasteiger charge is -2.16. The third kappa shape index (κ3) is 7.37. The van der Waals surface area contributed by atoms with E-state index < -0.39 is 0 Å². The van der Waals surface area contributed by atoms with Gasteiger partial charge in [-0.2, -0.15) is 0 Å². The Labute approximate surface area is 91.5 Å². The first kappa shape index (κ1) is 16.4. The second-order valence-electron chi connectivity index (χ2n) is 3.98. The van der Waals surface area contributed by atoms with Gasteiger partial charge in [-0.1, -0.05) is 48.0 Å². The van der Waals surface area contributed by atoms with Crippen molar-refractivity contribution in [3.63, 3.8) is 0 Å². The first-order valence-corrected chi connectivity index (χ1v) is 6.45. The molecule has 0 aromatic heterocycles. The monoisotopic (exact) mass is 201 g/mol. The van der Waals surface area contributed by atoms with Crippen LogP contribution in [0.4, 0.5) is 0 Å². The molecule has 2 N–H and O–H groups in total. The van der Waals surface area contributed by atoms with Crippen LogP contribution >= 0.6 is 0 Å². The molecule has 1 rings (SSSR count). The zero-order chi connectivity index (χ0) is 11.6. The fraction of sp³-hybridized carbons (Fsp3) is 1.00. The second-order valence-corrected chi connectivity index (χ2v) is 3.98. The van der Waals surface area contributed by atoms with Gasteiger partial charge in [0.2, 0.25) is 0 Å². The minimum Gasteiger partial charge on any atom is -0.327 e. The van der Waals surface area contributed by atoms with E-state index in [0.717, 1.165) is 11.8 Å². The highest BCUT2D eigenvalue weighted by Crippen LogP contribution is 2.29. The van der Waals surface area contributed by atoms with Crippen LogP contribution in [0.15, 0.2) is 0 Å². The lowest BCUT2D eigenvalue weighted by atomic mass is 9.93. The summed E-state index contributed by atoms with van der Waals surface area (Å²) in [5, 5.41) is 0. The first-order chi connectivity index (χ1) is 6.70. The summed E-state index contributed by atoms with van der Waals surface area (Å²) in [6, 6.07) is 0.516. The van der Waals surface area contributed by atoms with Crippen molar-refractivity contribution >= 4 is 0 Å². The van der Waals surface area contributed by atoms with Crippen molar-refractivity contribution < 1.29 is 0 Å². The summed E-state index contributed by atoms with van der Waals surface area (Å²) in [6.07, 6.45) is 5.33. The van der Waals surface area contributed by atoms with Gasteiger partial charge in [0.25, 0.3) is 0 Å². The highest BCUT2D eigenvalue weighted by atomic mass is 14.7. The second kappa shape index (κ2) is 11.0. The highest BCUT2D eigenvalue weighted by molar-refractivity contribution is 4.80. The van der Waals surface area contributed by atoms with Crippen LogP contribution in [-0.4, -0.2) is 6.04 Å². The van der Waals surface area contributed by atoms with Crippen LogP contribution in [0.1, 0.15) is 67.2 Å². The van der Waals surface area contributed by atoms with Gasteiger partial charge in [0.1, 0.15) is 0 Å². The summed E-state index contributed by atoms with van der Waals surface area (Å²) < 4.78 is 0. The van der Waals surface area contributed by atoms with Crippen molar-refractivity contribution in [2.75, 3.05) is 0 Å². The molecule has 0 heterocycles. The standard InChI is InChI=1S/C9H19N.2C2H6/c1-7(2)6-8-4-3-5-9(8)10;2*1-2/h7-9H,3-6,10H2,1-2H3;2*1-2H3/t8?,9-;;/m1../s1. The van der Waals surface area contributed by atoms with E-state index in [2.05, 4.69) is 13.8 Å². The quantitative estimate of drug-likeness (QED) is 0.711. The van der Waals surface area contributed by atoms with Crippen molar-refractivity contribution in [3.8, 4) is 0 Å². The molecule has 1 nitrogen and oxygen atoms in total. The van der Waals surface area contributed by atoms with Gasteiger partial charge in [-0.05, 0) is 31.1 Å². The maximum absolute atomic E-state index is 5.93. The maximum Gasteiger partial charge on any atom is 0.00672 e. The predicted molar refractivity (Wildman–Crippen MR) is 67.5 cm³/mol. The van der Waals surface area contributed by atoms with E-state index in [1.807, 2.05) is 27.7 Å². The Morgan fingerprint density at radius 3 is 1.86 bits per heavy atom. The molecular weight excluding hydrogens is 170 g/mol. The molecule has 1 aliphatic rings. The van der Waals surface area contributed by atoms with Crippen LogP contribution in [0.5, 0.6) is 0 Å². The van der Waals surface area contributed by atoms with Crippen LogP contribution in [0, 0.1) is 11.8 Å².